The Balaban J connectivity index is 2.24. The van der Waals surface area contributed by atoms with Gasteiger partial charge in [0.1, 0.15) is 0 Å². The molecule has 1 unspecified atom stereocenters. The topological polar surface area (TPSA) is 64.8 Å². The van der Waals surface area contributed by atoms with Crippen molar-refractivity contribution >= 4 is 11.6 Å². The molecule has 1 fully saturated rings. The molecule has 5 nitrogen and oxygen atoms in total. The molecule has 1 atom stereocenters. The van der Waals surface area contributed by atoms with Gasteiger partial charge in [0.25, 0.3) is 0 Å². The Labute approximate surface area is 119 Å². The highest BCUT2D eigenvalue weighted by Gasteiger charge is 2.30. The van der Waals surface area contributed by atoms with Gasteiger partial charge in [-0.15, -0.1) is 0 Å². The van der Waals surface area contributed by atoms with Crippen LogP contribution in [-0.2, 0) is 4.79 Å². The van der Waals surface area contributed by atoms with E-state index in [1.54, 1.807) is 4.90 Å². The summed E-state index contributed by atoms with van der Waals surface area (Å²) in [5.41, 5.74) is 6.50. The van der Waals surface area contributed by atoms with Crippen molar-refractivity contribution in [3.63, 3.8) is 0 Å². The van der Waals surface area contributed by atoms with Crippen molar-refractivity contribution in [3.05, 3.63) is 18.2 Å². The predicted octanol–water partition coefficient (Wildman–Crippen LogP) is 1.80. The summed E-state index contributed by atoms with van der Waals surface area (Å²) in [7, 11) is 0. The molecule has 2 N–H and O–H groups in total. The number of rotatable bonds is 6. The van der Waals surface area contributed by atoms with Crippen LogP contribution in [0, 0.1) is 5.92 Å². The lowest BCUT2D eigenvalue weighted by Crippen LogP contribution is -2.25. The van der Waals surface area contributed by atoms with E-state index in [2.05, 4.69) is 0 Å². The van der Waals surface area contributed by atoms with E-state index in [-0.39, 0.29) is 11.8 Å². The van der Waals surface area contributed by atoms with Gasteiger partial charge in [-0.2, -0.15) is 0 Å². The highest BCUT2D eigenvalue weighted by molar-refractivity contribution is 5.96. The van der Waals surface area contributed by atoms with Crippen molar-refractivity contribution in [3.8, 4) is 11.5 Å². The molecule has 1 heterocycles. The van der Waals surface area contributed by atoms with Crippen LogP contribution < -0.4 is 20.1 Å². The maximum absolute atomic E-state index is 12.0. The first-order valence-electron chi connectivity index (χ1n) is 7.09. The van der Waals surface area contributed by atoms with E-state index in [0.29, 0.717) is 44.2 Å². The molecule has 0 aliphatic carbocycles. The first-order chi connectivity index (χ1) is 9.69. The van der Waals surface area contributed by atoms with Gasteiger partial charge in [-0.1, -0.05) is 0 Å². The lowest BCUT2D eigenvalue weighted by molar-refractivity contribution is -0.117. The van der Waals surface area contributed by atoms with Crippen LogP contribution in [0.25, 0.3) is 0 Å². The zero-order valence-electron chi connectivity index (χ0n) is 12.1. The van der Waals surface area contributed by atoms with Crippen LogP contribution in [0.5, 0.6) is 11.5 Å². The van der Waals surface area contributed by atoms with E-state index in [1.807, 2.05) is 32.0 Å². The van der Waals surface area contributed by atoms with E-state index >= 15 is 0 Å². The molecule has 1 aromatic carbocycles. The first-order valence-corrected chi connectivity index (χ1v) is 7.09. The SMILES string of the molecule is CCOc1ccc(N2CC(CN)CC2=O)cc1OCC. The Hall–Kier alpha value is -1.75. The number of amides is 1. The number of nitrogens with zero attached hydrogens (tertiary/aromatic N) is 1. The monoisotopic (exact) mass is 278 g/mol. The Morgan fingerprint density at radius 1 is 1.25 bits per heavy atom. The Bertz CT molecular complexity index is 476. The van der Waals surface area contributed by atoms with Crippen LogP contribution in [0.3, 0.4) is 0 Å². The summed E-state index contributed by atoms with van der Waals surface area (Å²) < 4.78 is 11.1. The van der Waals surface area contributed by atoms with E-state index < -0.39 is 0 Å². The fraction of sp³-hybridized carbons (Fsp3) is 0.533. The molecule has 1 aromatic rings. The largest absolute Gasteiger partial charge is 0.490 e. The van der Waals surface area contributed by atoms with Crippen molar-refractivity contribution in [2.45, 2.75) is 20.3 Å². The van der Waals surface area contributed by atoms with Gasteiger partial charge in [-0.25, -0.2) is 0 Å². The Morgan fingerprint density at radius 2 is 1.95 bits per heavy atom. The van der Waals surface area contributed by atoms with Gasteiger partial charge in [0.15, 0.2) is 11.5 Å². The summed E-state index contributed by atoms with van der Waals surface area (Å²) in [6, 6.07) is 5.61. The molecule has 0 radical (unpaired) electrons. The number of anilines is 1. The third-order valence-electron chi connectivity index (χ3n) is 3.38. The fourth-order valence-corrected chi connectivity index (χ4v) is 2.40. The average Bonchev–Trinajstić information content (AvgIpc) is 2.82. The second-order valence-corrected chi connectivity index (χ2v) is 4.81. The van der Waals surface area contributed by atoms with Crippen LogP contribution in [0.2, 0.25) is 0 Å². The normalized spacial score (nSPS) is 18.4. The van der Waals surface area contributed by atoms with E-state index in [9.17, 15) is 4.79 Å². The van der Waals surface area contributed by atoms with Gasteiger partial charge < -0.3 is 20.1 Å². The number of nitrogens with two attached hydrogens (primary N) is 1. The number of carbonyl (C=O) groups excluding carboxylic acids is 1. The fourth-order valence-electron chi connectivity index (χ4n) is 2.40. The van der Waals surface area contributed by atoms with Crippen molar-refractivity contribution in [2.24, 2.45) is 11.7 Å². The number of carbonyl (C=O) groups is 1. The summed E-state index contributed by atoms with van der Waals surface area (Å²) in [4.78, 5) is 13.8. The summed E-state index contributed by atoms with van der Waals surface area (Å²) in [5.74, 6) is 1.74. The predicted molar refractivity (Wildman–Crippen MR) is 78.3 cm³/mol. The van der Waals surface area contributed by atoms with Crippen LogP contribution in [0.4, 0.5) is 5.69 Å². The van der Waals surface area contributed by atoms with Crippen LogP contribution >= 0.6 is 0 Å². The Morgan fingerprint density at radius 3 is 2.55 bits per heavy atom. The molecule has 20 heavy (non-hydrogen) atoms. The zero-order chi connectivity index (χ0) is 14.5. The van der Waals surface area contributed by atoms with E-state index in [1.165, 1.54) is 0 Å². The smallest absolute Gasteiger partial charge is 0.227 e. The van der Waals surface area contributed by atoms with E-state index in [0.717, 1.165) is 5.69 Å². The summed E-state index contributed by atoms with van der Waals surface area (Å²) in [6.07, 6.45) is 0.522. The molecule has 0 spiro atoms. The minimum absolute atomic E-state index is 0.118. The highest BCUT2D eigenvalue weighted by atomic mass is 16.5. The van der Waals surface area contributed by atoms with Crippen LogP contribution in [0.1, 0.15) is 20.3 Å². The summed E-state index contributed by atoms with van der Waals surface area (Å²) >= 11 is 0. The van der Waals surface area contributed by atoms with Crippen molar-refractivity contribution in [2.75, 3.05) is 31.2 Å². The highest BCUT2D eigenvalue weighted by Crippen LogP contribution is 2.34. The number of ether oxygens (including phenoxy) is 2. The molecular formula is C15H22N2O3. The third-order valence-corrected chi connectivity index (χ3v) is 3.38. The van der Waals surface area contributed by atoms with Crippen LogP contribution in [0.15, 0.2) is 18.2 Å². The van der Waals surface area contributed by atoms with Gasteiger partial charge in [0.05, 0.1) is 13.2 Å². The van der Waals surface area contributed by atoms with Crippen molar-refractivity contribution < 1.29 is 14.3 Å². The molecule has 110 valence electrons. The number of hydrogen-bond acceptors (Lipinski definition) is 4. The quantitative estimate of drug-likeness (QED) is 0.861. The summed E-state index contributed by atoms with van der Waals surface area (Å²) in [6.45, 7) is 6.21. The average molecular weight is 278 g/mol. The maximum Gasteiger partial charge on any atom is 0.227 e. The molecule has 1 amide bonds. The molecule has 5 heteroatoms. The standard InChI is InChI=1S/C15H22N2O3/c1-3-19-13-6-5-12(8-14(13)20-4-2)17-10-11(9-16)7-15(17)18/h5-6,8,11H,3-4,7,9-10,16H2,1-2H3. The van der Waals surface area contributed by atoms with Gasteiger partial charge in [-0.3, -0.25) is 4.79 Å². The van der Waals surface area contributed by atoms with Gasteiger partial charge in [0.2, 0.25) is 5.91 Å². The van der Waals surface area contributed by atoms with Gasteiger partial charge in [0, 0.05) is 24.7 Å². The lowest BCUT2D eigenvalue weighted by Gasteiger charge is -2.19. The summed E-state index contributed by atoms with van der Waals surface area (Å²) in [5, 5.41) is 0. The zero-order valence-corrected chi connectivity index (χ0v) is 12.1. The lowest BCUT2D eigenvalue weighted by atomic mass is 10.1. The molecule has 1 aliphatic rings. The van der Waals surface area contributed by atoms with Gasteiger partial charge in [-0.05, 0) is 38.4 Å². The van der Waals surface area contributed by atoms with E-state index in [4.69, 9.17) is 15.2 Å². The van der Waals surface area contributed by atoms with Crippen LogP contribution in [-0.4, -0.2) is 32.2 Å². The Kier molecular flexibility index (Phi) is 4.84. The molecule has 0 aromatic heterocycles. The minimum atomic E-state index is 0.118. The second-order valence-electron chi connectivity index (χ2n) is 4.81. The number of hydrogen-bond donors (Lipinski definition) is 1. The third kappa shape index (κ3) is 3.04. The van der Waals surface area contributed by atoms with Gasteiger partial charge >= 0.3 is 0 Å². The molecule has 1 aliphatic heterocycles. The maximum atomic E-state index is 12.0. The first kappa shape index (κ1) is 14.7. The van der Waals surface area contributed by atoms with Crippen molar-refractivity contribution in [1.82, 2.24) is 0 Å². The van der Waals surface area contributed by atoms with Crippen molar-refractivity contribution in [1.29, 1.82) is 0 Å². The molecule has 1 saturated heterocycles. The molecule has 0 saturated carbocycles. The molecular weight excluding hydrogens is 256 g/mol. The molecule has 0 bridgehead atoms. The second kappa shape index (κ2) is 6.61. The molecule has 2 rings (SSSR count). The minimum Gasteiger partial charge on any atom is -0.490 e. The number of benzene rings is 1.